The van der Waals surface area contributed by atoms with Gasteiger partial charge in [-0.25, -0.2) is 0 Å². The summed E-state index contributed by atoms with van der Waals surface area (Å²) in [7, 11) is 0. The molecule has 0 unspecified atom stereocenters. The van der Waals surface area contributed by atoms with Crippen molar-refractivity contribution in [2.75, 3.05) is 23.7 Å². The molecule has 3 nitrogen and oxygen atoms in total. The van der Waals surface area contributed by atoms with Gasteiger partial charge in [0.15, 0.2) is 0 Å². The van der Waals surface area contributed by atoms with Crippen LogP contribution >= 0.6 is 0 Å². The van der Waals surface area contributed by atoms with Crippen LogP contribution in [-0.4, -0.2) is 18.1 Å². The third kappa shape index (κ3) is 1.97. The molecular weight excluding hydrogens is 174 g/mol. The molecule has 1 fully saturated rings. The fourth-order valence-corrected chi connectivity index (χ4v) is 1.71. The number of nitrogens with two attached hydrogens (primary N) is 1. The second-order valence-corrected chi connectivity index (χ2v) is 3.89. The van der Waals surface area contributed by atoms with Gasteiger partial charge in [0.25, 0.3) is 0 Å². The number of anilines is 2. The highest BCUT2D eigenvalue weighted by atomic mass is 15.1. The maximum atomic E-state index is 7.92. The van der Waals surface area contributed by atoms with Crippen LogP contribution in [0.3, 0.4) is 0 Å². The van der Waals surface area contributed by atoms with Crippen molar-refractivity contribution < 1.29 is 4.11 Å². The fourth-order valence-electron chi connectivity index (χ4n) is 1.71. The summed E-state index contributed by atoms with van der Waals surface area (Å²) in [4.78, 5) is 5.77. The molecule has 1 aromatic heterocycles. The number of hydrogen-bond acceptors (Lipinski definition) is 3. The zero-order chi connectivity index (χ0) is 12.6. The largest absolute Gasteiger partial charge is 0.397 e. The van der Waals surface area contributed by atoms with Gasteiger partial charge in [0.05, 0.1) is 21.7 Å². The first kappa shape index (κ1) is 6.27. The first-order valence-corrected chi connectivity index (χ1v) is 4.99. The number of hydrogen-bond donors (Lipinski definition) is 1. The summed E-state index contributed by atoms with van der Waals surface area (Å²) < 4.78 is 23.2. The summed E-state index contributed by atoms with van der Waals surface area (Å²) in [5.41, 5.74) is 6.18. The lowest BCUT2D eigenvalue weighted by Crippen LogP contribution is -2.32. The Kier molecular flexibility index (Phi) is 1.73. The van der Waals surface area contributed by atoms with Crippen LogP contribution in [0.2, 0.25) is 0 Å². The van der Waals surface area contributed by atoms with E-state index in [4.69, 9.17) is 9.85 Å². The van der Waals surface area contributed by atoms with Gasteiger partial charge in [0.2, 0.25) is 0 Å². The molecule has 14 heavy (non-hydrogen) atoms. The molecule has 0 atom stereocenters. The van der Waals surface area contributed by atoms with Crippen molar-refractivity contribution in [3.63, 3.8) is 0 Å². The normalized spacial score (nSPS) is 21.5. The van der Waals surface area contributed by atoms with E-state index in [2.05, 4.69) is 11.9 Å². The van der Waals surface area contributed by atoms with Crippen LogP contribution in [-0.2, 0) is 0 Å². The Balaban J connectivity index is 2.35. The van der Waals surface area contributed by atoms with Gasteiger partial charge in [0, 0.05) is 19.3 Å². The van der Waals surface area contributed by atoms with Crippen LogP contribution in [0.5, 0.6) is 0 Å². The Labute approximate surface area is 89.1 Å². The maximum Gasteiger partial charge on any atom is 0.0862 e. The highest BCUT2D eigenvalue weighted by Gasteiger charge is 2.15. The molecule has 0 spiro atoms. The van der Waals surface area contributed by atoms with E-state index >= 15 is 0 Å². The monoisotopic (exact) mass is 194 g/mol. The SMILES string of the molecule is [2H]c1nc([2H])c(N2CCC(C)CC2)c([2H])c1N. The fraction of sp³-hybridized carbons (Fsp3) is 0.545. The maximum absolute atomic E-state index is 7.92. The van der Waals surface area contributed by atoms with Gasteiger partial charge in [0.1, 0.15) is 0 Å². The van der Waals surface area contributed by atoms with Crippen molar-refractivity contribution in [1.29, 1.82) is 0 Å². The van der Waals surface area contributed by atoms with Gasteiger partial charge < -0.3 is 10.6 Å². The van der Waals surface area contributed by atoms with Crippen molar-refractivity contribution in [1.82, 2.24) is 4.98 Å². The topological polar surface area (TPSA) is 42.2 Å². The molecule has 3 heteroatoms. The van der Waals surface area contributed by atoms with Gasteiger partial charge in [-0.3, -0.25) is 4.98 Å². The van der Waals surface area contributed by atoms with Gasteiger partial charge in [-0.15, -0.1) is 0 Å². The molecule has 1 aliphatic heterocycles. The van der Waals surface area contributed by atoms with Gasteiger partial charge in [-0.1, -0.05) is 6.92 Å². The minimum atomic E-state index is -0.172. The van der Waals surface area contributed by atoms with Crippen LogP contribution in [0.15, 0.2) is 18.4 Å². The first-order valence-electron chi connectivity index (χ1n) is 6.49. The molecule has 0 bridgehead atoms. The third-order valence-corrected chi connectivity index (χ3v) is 2.69. The van der Waals surface area contributed by atoms with Crippen LogP contribution in [0.4, 0.5) is 11.4 Å². The van der Waals surface area contributed by atoms with Crippen molar-refractivity contribution in [2.24, 2.45) is 5.92 Å². The van der Waals surface area contributed by atoms with Crippen LogP contribution < -0.4 is 10.6 Å². The van der Waals surface area contributed by atoms with Crippen LogP contribution in [0.1, 0.15) is 23.9 Å². The second-order valence-electron chi connectivity index (χ2n) is 3.89. The molecule has 0 aliphatic carbocycles. The first-order chi connectivity index (χ1) is 8.00. The summed E-state index contributed by atoms with van der Waals surface area (Å²) in [5, 5.41) is 0. The molecule has 0 radical (unpaired) electrons. The predicted octanol–water partition coefficient (Wildman–Crippen LogP) is 1.90. The zero-order valence-electron chi connectivity index (χ0n) is 11.4. The lowest BCUT2D eigenvalue weighted by Gasteiger charge is -2.31. The quantitative estimate of drug-likeness (QED) is 0.742. The van der Waals surface area contributed by atoms with E-state index in [1.54, 1.807) is 0 Å². The van der Waals surface area contributed by atoms with Gasteiger partial charge in [-0.2, -0.15) is 0 Å². The molecular formula is C11H17N3. The van der Waals surface area contributed by atoms with E-state index in [0.29, 0.717) is 11.6 Å². The summed E-state index contributed by atoms with van der Waals surface area (Å²) in [6.07, 6.45) is 1.93. The number of pyridine rings is 1. The van der Waals surface area contributed by atoms with Gasteiger partial charge >= 0.3 is 0 Å². The van der Waals surface area contributed by atoms with Crippen molar-refractivity contribution in [3.8, 4) is 0 Å². The number of nitrogen functional groups attached to an aromatic ring is 1. The molecule has 2 N–H and O–H groups in total. The number of nitrogens with zero attached hydrogens (tertiary/aromatic N) is 2. The van der Waals surface area contributed by atoms with Crippen molar-refractivity contribution in [3.05, 3.63) is 18.4 Å². The van der Waals surface area contributed by atoms with Crippen molar-refractivity contribution >= 4 is 11.4 Å². The summed E-state index contributed by atoms with van der Waals surface area (Å²) in [6.45, 7) is 3.87. The second kappa shape index (κ2) is 3.86. The molecule has 1 saturated heterocycles. The van der Waals surface area contributed by atoms with Crippen LogP contribution in [0, 0.1) is 5.92 Å². The van der Waals surface area contributed by atoms with E-state index < -0.39 is 0 Å². The van der Waals surface area contributed by atoms with Crippen molar-refractivity contribution in [2.45, 2.75) is 19.8 Å². The van der Waals surface area contributed by atoms with E-state index in [0.717, 1.165) is 25.9 Å². The zero-order valence-corrected chi connectivity index (χ0v) is 8.38. The Hall–Kier alpha value is -1.25. The summed E-state index contributed by atoms with van der Waals surface area (Å²) >= 11 is 0. The third-order valence-electron chi connectivity index (χ3n) is 2.69. The molecule has 76 valence electrons. The predicted molar refractivity (Wildman–Crippen MR) is 59.3 cm³/mol. The number of aromatic nitrogens is 1. The lowest BCUT2D eigenvalue weighted by molar-refractivity contribution is 0.438. The van der Waals surface area contributed by atoms with E-state index in [-0.39, 0.29) is 24.1 Å². The highest BCUT2D eigenvalue weighted by molar-refractivity contribution is 5.53. The smallest absolute Gasteiger partial charge is 0.0862 e. The number of rotatable bonds is 1. The summed E-state index contributed by atoms with van der Waals surface area (Å²) in [5.74, 6) is 0.690. The minimum Gasteiger partial charge on any atom is -0.397 e. The molecule has 2 rings (SSSR count). The van der Waals surface area contributed by atoms with E-state index in [9.17, 15) is 0 Å². The Morgan fingerprint density at radius 3 is 2.93 bits per heavy atom. The van der Waals surface area contributed by atoms with Crippen LogP contribution in [0.25, 0.3) is 0 Å². The Morgan fingerprint density at radius 1 is 1.50 bits per heavy atom. The Morgan fingerprint density at radius 2 is 2.21 bits per heavy atom. The highest BCUT2D eigenvalue weighted by Crippen LogP contribution is 2.23. The molecule has 2 heterocycles. The molecule has 0 saturated carbocycles. The minimum absolute atomic E-state index is 0.0104. The van der Waals surface area contributed by atoms with E-state index in [1.807, 2.05) is 4.90 Å². The van der Waals surface area contributed by atoms with E-state index in [1.165, 1.54) is 0 Å². The average molecular weight is 194 g/mol. The summed E-state index contributed by atoms with van der Waals surface area (Å²) in [6, 6.07) is 0.0737. The number of piperidine rings is 1. The molecule has 1 aromatic rings. The standard InChI is InChI=1S/C11H17N3/c1-9-2-4-14(5-3-9)11-6-10(12)7-13-8-11/h6-9H,2-5,12H2,1H3/i6D,7D,8D. The molecule has 0 amide bonds. The lowest BCUT2D eigenvalue weighted by atomic mass is 9.99. The Bertz CT molecular complexity index is 428. The average Bonchev–Trinajstić information content (AvgIpc) is 2.29. The van der Waals surface area contributed by atoms with Gasteiger partial charge in [-0.05, 0) is 24.8 Å². The molecule has 1 aliphatic rings. The molecule has 0 aromatic carbocycles.